The van der Waals surface area contributed by atoms with Gasteiger partial charge in [-0.15, -0.1) is 0 Å². The third kappa shape index (κ3) is 4.96. The average molecular weight is 424 g/mol. The van der Waals surface area contributed by atoms with Crippen LogP contribution in [0.3, 0.4) is 0 Å². The maximum absolute atomic E-state index is 12.8. The highest BCUT2D eigenvalue weighted by Crippen LogP contribution is 2.34. The van der Waals surface area contributed by atoms with Crippen molar-refractivity contribution in [2.75, 3.05) is 45.2 Å². The minimum Gasteiger partial charge on any atom is -0.481 e. The van der Waals surface area contributed by atoms with Gasteiger partial charge in [0.25, 0.3) is 5.56 Å². The number of rotatable bonds is 9. The van der Waals surface area contributed by atoms with Crippen LogP contribution in [0.5, 0.6) is 5.88 Å². The summed E-state index contributed by atoms with van der Waals surface area (Å²) in [6.07, 6.45) is 9.24. The molecule has 0 atom stereocenters. The van der Waals surface area contributed by atoms with Gasteiger partial charge in [0.1, 0.15) is 5.69 Å². The molecule has 8 heteroatoms. The quantitative estimate of drug-likeness (QED) is 0.596. The highest BCUT2D eigenvalue weighted by atomic mass is 16.5. The van der Waals surface area contributed by atoms with Crippen LogP contribution in [0.25, 0.3) is 11.1 Å². The number of carbonyl (C=O) groups is 1. The Morgan fingerprint density at radius 1 is 1.35 bits per heavy atom. The number of anilines is 1. The van der Waals surface area contributed by atoms with Crippen LogP contribution in [-0.4, -0.2) is 67.2 Å². The molecule has 2 N–H and O–H groups in total. The molecule has 2 aromatic heterocycles. The van der Waals surface area contributed by atoms with Gasteiger partial charge in [-0.2, -0.15) is 0 Å². The van der Waals surface area contributed by atoms with Crippen LogP contribution in [0.1, 0.15) is 12.8 Å². The fraction of sp³-hybridized carbons (Fsp3) is 0.435. The van der Waals surface area contributed by atoms with Crippen molar-refractivity contribution in [3.63, 3.8) is 0 Å². The molecule has 1 aliphatic carbocycles. The molecular weight excluding hydrogens is 394 g/mol. The fourth-order valence-corrected chi connectivity index (χ4v) is 3.79. The van der Waals surface area contributed by atoms with Crippen molar-refractivity contribution in [1.29, 1.82) is 0 Å². The summed E-state index contributed by atoms with van der Waals surface area (Å²) in [6.45, 7) is 2.76. The summed E-state index contributed by atoms with van der Waals surface area (Å²) in [7, 11) is 3.43. The Morgan fingerprint density at radius 3 is 2.87 bits per heavy atom. The number of nitrogens with one attached hydrogen (secondary N) is 2. The second-order valence-corrected chi connectivity index (χ2v) is 8.14. The van der Waals surface area contributed by atoms with Gasteiger partial charge in [-0.05, 0) is 43.5 Å². The molecule has 3 heterocycles. The van der Waals surface area contributed by atoms with Crippen LogP contribution in [0.4, 0.5) is 5.69 Å². The largest absolute Gasteiger partial charge is 0.481 e. The van der Waals surface area contributed by atoms with Gasteiger partial charge >= 0.3 is 0 Å². The van der Waals surface area contributed by atoms with E-state index in [0.717, 1.165) is 17.7 Å². The van der Waals surface area contributed by atoms with Crippen LogP contribution in [0.15, 0.2) is 47.5 Å². The summed E-state index contributed by atoms with van der Waals surface area (Å²) >= 11 is 0. The molecule has 1 amide bonds. The molecule has 2 aromatic rings. The van der Waals surface area contributed by atoms with Gasteiger partial charge in [0, 0.05) is 56.3 Å². The number of ether oxygens (including phenoxy) is 1. The molecule has 4 rings (SSSR count). The van der Waals surface area contributed by atoms with Gasteiger partial charge in [0.2, 0.25) is 11.8 Å². The zero-order chi connectivity index (χ0) is 21.8. The molecule has 31 heavy (non-hydrogen) atoms. The number of aromatic nitrogens is 2. The lowest BCUT2D eigenvalue weighted by Gasteiger charge is -2.46. The van der Waals surface area contributed by atoms with Crippen molar-refractivity contribution >= 4 is 11.6 Å². The number of H-pyrrole nitrogens is 1. The number of methoxy groups -OCH3 is 1. The third-order valence-corrected chi connectivity index (χ3v) is 5.82. The number of likely N-dealkylation sites (tertiary alicyclic amines) is 1. The van der Waals surface area contributed by atoms with Crippen molar-refractivity contribution in [3.8, 4) is 17.0 Å². The van der Waals surface area contributed by atoms with Crippen LogP contribution >= 0.6 is 0 Å². The first-order chi connectivity index (χ1) is 15.1. The highest BCUT2D eigenvalue weighted by molar-refractivity contribution is 5.88. The lowest BCUT2D eigenvalue weighted by Crippen LogP contribution is -2.62. The SMILES string of the molecule is CNC/C=C/C(=O)N1CC(N(CC2CC2)c2cc(-c3ccnc(OC)c3)c[nH]c2=O)C1. The van der Waals surface area contributed by atoms with Crippen molar-refractivity contribution < 1.29 is 9.53 Å². The number of hydrogen-bond donors (Lipinski definition) is 2. The molecule has 8 nitrogen and oxygen atoms in total. The Balaban J connectivity index is 1.54. The van der Waals surface area contributed by atoms with E-state index in [1.54, 1.807) is 25.6 Å². The molecular formula is C23H29N5O3. The second-order valence-electron chi connectivity index (χ2n) is 8.14. The summed E-state index contributed by atoms with van der Waals surface area (Å²) in [5.41, 5.74) is 2.38. The first-order valence-electron chi connectivity index (χ1n) is 10.7. The second kappa shape index (κ2) is 9.34. The maximum atomic E-state index is 12.8. The van der Waals surface area contributed by atoms with Gasteiger partial charge in [0.15, 0.2) is 0 Å². The number of aromatic amines is 1. The molecule has 1 saturated heterocycles. The van der Waals surface area contributed by atoms with E-state index in [1.165, 1.54) is 12.8 Å². The molecule has 1 aliphatic heterocycles. The highest BCUT2D eigenvalue weighted by Gasteiger charge is 2.37. The summed E-state index contributed by atoms with van der Waals surface area (Å²) in [5, 5.41) is 2.99. The summed E-state index contributed by atoms with van der Waals surface area (Å²) in [4.78, 5) is 36.1. The summed E-state index contributed by atoms with van der Waals surface area (Å²) < 4.78 is 5.23. The molecule has 0 aromatic carbocycles. The first kappa shape index (κ1) is 21.1. The van der Waals surface area contributed by atoms with E-state index < -0.39 is 0 Å². The minimum absolute atomic E-state index is 0.0180. The Hall–Kier alpha value is -3.13. The predicted octanol–water partition coefficient (Wildman–Crippen LogP) is 1.65. The molecule has 1 saturated carbocycles. The fourth-order valence-electron chi connectivity index (χ4n) is 3.79. The van der Waals surface area contributed by atoms with E-state index in [9.17, 15) is 9.59 Å². The van der Waals surface area contributed by atoms with E-state index >= 15 is 0 Å². The van der Waals surface area contributed by atoms with Crippen molar-refractivity contribution in [2.24, 2.45) is 5.92 Å². The van der Waals surface area contributed by atoms with E-state index in [0.29, 0.717) is 37.1 Å². The zero-order valence-electron chi connectivity index (χ0n) is 18.0. The third-order valence-electron chi connectivity index (χ3n) is 5.82. The number of nitrogens with zero attached hydrogens (tertiary/aromatic N) is 3. The number of pyridine rings is 2. The standard InChI is InChI=1S/C23H29N5O3/c1-24-8-3-4-22(29)27-14-19(15-27)28(13-16-5-6-16)20-10-18(12-26-23(20)30)17-7-9-25-21(11-17)31-2/h3-4,7,9-12,16,19,24H,5-6,8,13-15H2,1-2H3,(H,26,30)/b4-3+. The molecule has 0 unspecified atom stereocenters. The van der Waals surface area contributed by atoms with Crippen LogP contribution in [0.2, 0.25) is 0 Å². The van der Waals surface area contributed by atoms with Gasteiger partial charge < -0.3 is 24.8 Å². The van der Waals surface area contributed by atoms with E-state index in [2.05, 4.69) is 20.2 Å². The average Bonchev–Trinajstić information content (AvgIpc) is 3.57. The number of carbonyl (C=O) groups excluding carboxylic acids is 1. The topological polar surface area (TPSA) is 90.6 Å². The van der Waals surface area contributed by atoms with E-state index in [1.807, 2.05) is 36.2 Å². The molecule has 0 bridgehead atoms. The molecule has 2 fully saturated rings. The lowest BCUT2D eigenvalue weighted by molar-refractivity contribution is -0.130. The van der Waals surface area contributed by atoms with Crippen molar-refractivity contribution in [2.45, 2.75) is 18.9 Å². The number of amides is 1. The molecule has 0 radical (unpaired) electrons. The van der Waals surface area contributed by atoms with E-state index in [-0.39, 0.29) is 17.5 Å². The summed E-state index contributed by atoms with van der Waals surface area (Å²) in [6, 6.07) is 5.83. The van der Waals surface area contributed by atoms with Crippen LogP contribution < -0.4 is 20.5 Å². The van der Waals surface area contributed by atoms with Crippen molar-refractivity contribution in [3.05, 3.63) is 53.1 Å². The van der Waals surface area contributed by atoms with Crippen LogP contribution in [-0.2, 0) is 4.79 Å². The normalized spacial score (nSPS) is 16.4. The Morgan fingerprint density at radius 2 is 2.16 bits per heavy atom. The zero-order valence-corrected chi connectivity index (χ0v) is 18.0. The molecule has 2 aliphatic rings. The van der Waals surface area contributed by atoms with Crippen molar-refractivity contribution in [1.82, 2.24) is 20.2 Å². The molecule has 0 spiro atoms. The predicted molar refractivity (Wildman–Crippen MR) is 120 cm³/mol. The van der Waals surface area contributed by atoms with Gasteiger partial charge in [-0.25, -0.2) is 4.98 Å². The minimum atomic E-state index is -0.107. The van der Waals surface area contributed by atoms with E-state index in [4.69, 9.17) is 4.74 Å². The maximum Gasteiger partial charge on any atom is 0.271 e. The number of likely N-dealkylation sites (N-methyl/N-ethyl adjacent to an activating group) is 1. The number of hydrogen-bond acceptors (Lipinski definition) is 6. The van der Waals surface area contributed by atoms with Gasteiger partial charge in [-0.1, -0.05) is 6.08 Å². The Bertz CT molecular complexity index is 1010. The lowest BCUT2D eigenvalue weighted by atomic mass is 10.0. The monoisotopic (exact) mass is 423 g/mol. The molecule has 164 valence electrons. The smallest absolute Gasteiger partial charge is 0.271 e. The van der Waals surface area contributed by atoms with Crippen LogP contribution in [0, 0.1) is 5.92 Å². The first-order valence-corrected chi connectivity index (χ1v) is 10.7. The Labute approximate surface area is 181 Å². The Kier molecular flexibility index (Phi) is 6.36. The summed E-state index contributed by atoms with van der Waals surface area (Å²) in [5.74, 6) is 1.16. The van der Waals surface area contributed by atoms with Gasteiger partial charge in [0.05, 0.1) is 13.2 Å². The van der Waals surface area contributed by atoms with Gasteiger partial charge in [-0.3, -0.25) is 9.59 Å².